The van der Waals surface area contributed by atoms with E-state index in [0.717, 1.165) is 36.5 Å². The average molecular weight is 833 g/mol. The lowest BCUT2D eigenvalue weighted by molar-refractivity contribution is -0.169. The molecule has 0 bridgehead atoms. The van der Waals surface area contributed by atoms with Crippen LogP contribution in [-0.4, -0.2) is 172 Å². The summed E-state index contributed by atoms with van der Waals surface area (Å²) in [6, 6.07) is 0. The first-order chi connectivity index (χ1) is 27.5. The van der Waals surface area contributed by atoms with Gasteiger partial charge in [-0.25, -0.2) is 28.8 Å². The van der Waals surface area contributed by atoms with Crippen LogP contribution in [0.15, 0.2) is 75.9 Å². The van der Waals surface area contributed by atoms with Gasteiger partial charge in [0.05, 0.1) is 87.7 Å². The number of ether oxygens (including phenoxy) is 8. The van der Waals surface area contributed by atoms with Crippen molar-refractivity contribution in [2.75, 3.05) is 106 Å². The summed E-state index contributed by atoms with van der Waals surface area (Å²) in [6.45, 7) is 13.1. The van der Waals surface area contributed by atoms with E-state index < -0.39 is 150 Å². The molecule has 0 aromatic heterocycles. The summed E-state index contributed by atoms with van der Waals surface area (Å²) in [6.07, 6.45) is 5.32. The number of carbonyl (C=O) groups is 6. The first-order valence-electron chi connectivity index (χ1n) is 17.1. The summed E-state index contributed by atoms with van der Waals surface area (Å²) < 4.78 is 41.8. The molecule has 0 aliphatic carbocycles. The van der Waals surface area contributed by atoms with Gasteiger partial charge in [0, 0.05) is 36.5 Å². The summed E-state index contributed by atoms with van der Waals surface area (Å²) in [5, 5.41) is 54.2. The highest BCUT2D eigenvalue weighted by atomic mass is 16.6. The van der Waals surface area contributed by atoms with Crippen LogP contribution in [0.5, 0.6) is 0 Å². The van der Waals surface area contributed by atoms with Gasteiger partial charge in [0.15, 0.2) is 0 Å². The van der Waals surface area contributed by atoms with Crippen LogP contribution in [0.4, 0.5) is 0 Å². The lowest BCUT2D eigenvalue weighted by atomic mass is 9.90. The molecule has 0 aromatic rings. The van der Waals surface area contributed by atoms with Crippen LogP contribution in [-0.2, 0) is 66.7 Å². The molecule has 0 amide bonds. The highest BCUT2D eigenvalue weighted by Gasteiger charge is 2.40. The molecule has 328 valence electrons. The zero-order valence-corrected chi connectivity index (χ0v) is 32.4. The standard InChI is InChI=1S/C28H34O13.C10H22O7/c1-7-21(29)36-15-27(16-37-22(30)8-2,17-38-23(31)9-3)13-35-14-28(18-39-24(32)10-4,19-40-25(33)11-5)20-41-26(34)12-6;11-1-9(2-12,3-13)7-17-8-10(4-14,5-15)6-16/h7-12H,1-6,13-20H2;11-16H,1-8H2. The van der Waals surface area contributed by atoms with Gasteiger partial charge in [-0.2, -0.15) is 0 Å². The monoisotopic (exact) mass is 832 g/mol. The molecule has 0 aliphatic rings. The van der Waals surface area contributed by atoms with Crippen LogP contribution in [0.3, 0.4) is 0 Å². The largest absolute Gasteiger partial charge is 0.462 e. The molecule has 0 heterocycles. The van der Waals surface area contributed by atoms with E-state index in [1.807, 2.05) is 0 Å². The number of aliphatic hydroxyl groups is 6. The van der Waals surface area contributed by atoms with Crippen molar-refractivity contribution in [2.45, 2.75) is 0 Å². The Morgan fingerprint density at radius 3 is 0.603 bits per heavy atom. The van der Waals surface area contributed by atoms with Crippen molar-refractivity contribution in [3.8, 4) is 0 Å². The van der Waals surface area contributed by atoms with E-state index in [-0.39, 0.29) is 13.2 Å². The average Bonchev–Trinajstić information content (AvgIpc) is 3.26. The smallest absolute Gasteiger partial charge is 0.330 e. The first kappa shape index (κ1) is 55.0. The molecule has 0 aliphatic heterocycles. The van der Waals surface area contributed by atoms with Crippen LogP contribution >= 0.6 is 0 Å². The Labute approximate surface area is 336 Å². The van der Waals surface area contributed by atoms with Crippen molar-refractivity contribution >= 4 is 35.8 Å². The maximum Gasteiger partial charge on any atom is 0.330 e. The number of carbonyl (C=O) groups excluding carboxylic acids is 6. The van der Waals surface area contributed by atoms with Gasteiger partial charge in [0.2, 0.25) is 0 Å². The summed E-state index contributed by atoms with van der Waals surface area (Å²) in [5.41, 5.74) is -5.30. The Morgan fingerprint density at radius 1 is 0.310 bits per heavy atom. The second kappa shape index (κ2) is 30.1. The van der Waals surface area contributed by atoms with E-state index in [2.05, 4.69) is 39.5 Å². The number of hydrogen-bond acceptors (Lipinski definition) is 20. The molecule has 0 atom stereocenters. The maximum absolute atomic E-state index is 11.8. The SMILES string of the molecule is C=CC(=O)OCC(COCC(COC(=O)C=C)(COC(=O)C=C)COC(=O)C=C)(COC(=O)C=C)COC(=O)C=C.OCC(CO)(CO)COCC(CO)(CO)CO. The van der Waals surface area contributed by atoms with Crippen LogP contribution < -0.4 is 0 Å². The van der Waals surface area contributed by atoms with E-state index >= 15 is 0 Å². The number of esters is 6. The number of hydrogen-bond donors (Lipinski definition) is 6. The van der Waals surface area contributed by atoms with Crippen molar-refractivity contribution in [1.82, 2.24) is 0 Å². The van der Waals surface area contributed by atoms with Gasteiger partial charge < -0.3 is 68.5 Å². The highest BCUT2D eigenvalue weighted by Crippen LogP contribution is 2.26. The van der Waals surface area contributed by atoms with E-state index in [0.29, 0.717) is 0 Å². The van der Waals surface area contributed by atoms with Gasteiger partial charge in [0.1, 0.15) is 39.6 Å². The molecule has 0 fully saturated rings. The van der Waals surface area contributed by atoms with Crippen molar-refractivity contribution in [3.05, 3.63) is 75.9 Å². The first-order valence-corrected chi connectivity index (χ1v) is 17.1. The van der Waals surface area contributed by atoms with Gasteiger partial charge in [0.25, 0.3) is 0 Å². The molecule has 0 saturated carbocycles. The van der Waals surface area contributed by atoms with Gasteiger partial charge in [-0.3, -0.25) is 0 Å². The molecule has 0 rings (SSSR count). The Bertz CT molecular complexity index is 1130. The Kier molecular flexibility index (Phi) is 28.5. The second-order valence-electron chi connectivity index (χ2n) is 12.8. The molecular weight excluding hydrogens is 776 g/mol. The van der Waals surface area contributed by atoms with Crippen molar-refractivity contribution in [3.63, 3.8) is 0 Å². The Morgan fingerprint density at radius 2 is 0.466 bits per heavy atom. The third-order valence-electron chi connectivity index (χ3n) is 7.77. The summed E-state index contributed by atoms with van der Waals surface area (Å²) in [7, 11) is 0. The quantitative estimate of drug-likeness (QED) is 0.0250. The molecule has 58 heavy (non-hydrogen) atoms. The summed E-state index contributed by atoms with van der Waals surface area (Å²) in [4.78, 5) is 70.9. The topological polar surface area (TPSA) is 298 Å². The predicted octanol–water partition coefficient (Wildman–Crippen LogP) is -1.72. The normalized spacial score (nSPS) is 11.3. The van der Waals surface area contributed by atoms with E-state index in [1.54, 1.807) is 0 Å². The van der Waals surface area contributed by atoms with Crippen molar-refractivity contribution < 1.29 is 97.3 Å². The molecule has 0 aromatic carbocycles. The molecular formula is C38H56O20. The minimum absolute atomic E-state index is 0.141. The molecule has 20 nitrogen and oxygen atoms in total. The Balaban J connectivity index is 0. The van der Waals surface area contributed by atoms with Crippen LogP contribution in [0.2, 0.25) is 0 Å². The third kappa shape index (κ3) is 21.5. The second-order valence-corrected chi connectivity index (χ2v) is 12.8. The number of rotatable bonds is 32. The van der Waals surface area contributed by atoms with Gasteiger partial charge >= 0.3 is 35.8 Å². The van der Waals surface area contributed by atoms with E-state index in [9.17, 15) is 28.8 Å². The van der Waals surface area contributed by atoms with E-state index in [1.165, 1.54) is 0 Å². The van der Waals surface area contributed by atoms with Gasteiger partial charge in [-0.1, -0.05) is 39.5 Å². The fourth-order valence-corrected chi connectivity index (χ4v) is 3.74. The third-order valence-corrected chi connectivity index (χ3v) is 7.77. The summed E-state index contributed by atoms with van der Waals surface area (Å²) in [5.74, 6) is -5.01. The fourth-order valence-electron chi connectivity index (χ4n) is 3.74. The number of aliphatic hydroxyl groups excluding tert-OH is 6. The molecule has 6 N–H and O–H groups in total. The lowest BCUT2D eigenvalue weighted by Crippen LogP contribution is -2.47. The van der Waals surface area contributed by atoms with E-state index in [4.69, 9.17) is 68.5 Å². The molecule has 0 radical (unpaired) electrons. The van der Waals surface area contributed by atoms with Crippen molar-refractivity contribution in [2.24, 2.45) is 21.7 Å². The predicted molar refractivity (Wildman–Crippen MR) is 201 cm³/mol. The zero-order chi connectivity index (χ0) is 44.7. The molecule has 0 saturated heterocycles. The van der Waals surface area contributed by atoms with Crippen LogP contribution in [0.25, 0.3) is 0 Å². The highest BCUT2D eigenvalue weighted by molar-refractivity contribution is 5.83. The maximum atomic E-state index is 11.8. The molecule has 20 heteroatoms. The van der Waals surface area contributed by atoms with Gasteiger partial charge in [-0.05, 0) is 0 Å². The lowest BCUT2D eigenvalue weighted by Gasteiger charge is -2.35. The van der Waals surface area contributed by atoms with Gasteiger partial charge in [-0.15, -0.1) is 0 Å². The Hall–Kier alpha value is -5.06. The zero-order valence-electron chi connectivity index (χ0n) is 32.4. The van der Waals surface area contributed by atoms with Crippen molar-refractivity contribution in [1.29, 1.82) is 0 Å². The van der Waals surface area contributed by atoms with Crippen LogP contribution in [0, 0.1) is 21.7 Å². The molecule has 0 spiro atoms. The summed E-state index contributed by atoms with van der Waals surface area (Å²) >= 11 is 0. The van der Waals surface area contributed by atoms with Crippen LogP contribution in [0.1, 0.15) is 0 Å². The minimum atomic E-state index is -1.49. The minimum Gasteiger partial charge on any atom is -0.462 e. The fraction of sp³-hybridized carbons (Fsp3) is 0.526. The molecule has 0 unspecified atom stereocenters.